The highest BCUT2D eigenvalue weighted by atomic mass is 16.4. The first-order valence-electron chi connectivity index (χ1n) is 9.77. The summed E-state index contributed by atoms with van der Waals surface area (Å²) in [5.41, 5.74) is 2.23. The summed E-state index contributed by atoms with van der Waals surface area (Å²) in [6.07, 6.45) is 2.37. The molecule has 3 atom stereocenters. The zero-order chi connectivity index (χ0) is 19.1. The van der Waals surface area contributed by atoms with E-state index in [1.54, 1.807) is 9.80 Å². The van der Waals surface area contributed by atoms with Gasteiger partial charge in [0.05, 0.1) is 11.8 Å². The predicted molar refractivity (Wildman–Crippen MR) is 98.6 cm³/mol. The van der Waals surface area contributed by atoms with Crippen LogP contribution in [0.3, 0.4) is 0 Å². The maximum Gasteiger partial charge on any atom is 0.308 e. The number of hydrogen-bond acceptors (Lipinski definition) is 3. The Bertz CT molecular complexity index is 756. The van der Waals surface area contributed by atoms with E-state index in [-0.39, 0.29) is 36.6 Å². The van der Waals surface area contributed by atoms with Crippen LogP contribution in [0.4, 0.5) is 0 Å². The van der Waals surface area contributed by atoms with Crippen LogP contribution in [0.5, 0.6) is 0 Å². The van der Waals surface area contributed by atoms with E-state index in [2.05, 4.69) is 0 Å². The minimum atomic E-state index is -0.800. The van der Waals surface area contributed by atoms with Gasteiger partial charge in [0.1, 0.15) is 0 Å². The number of rotatable bonds is 5. The molecule has 3 fully saturated rings. The lowest BCUT2D eigenvalue weighted by Gasteiger charge is -2.21. The lowest BCUT2D eigenvalue weighted by atomic mass is 9.92. The molecular weight excluding hydrogens is 344 g/mol. The van der Waals surface area contributed by atoms with Crippen LogP contribution in [0, 0.1) is 30.6 Å². The fourth-order valence-corrected chi connectivity index (χ4v) is 4.53. The van der Waals surface area contributed by atoms with Gasteiger partial charge in [-0.15, -0.1) is 0 Å². The Morgan fingerprint density at radius 3 is 2.44 bits per heavy atom. The second-order valence-corrected chi connectivity index (χ2v) is 8.35. The van der Waals surface area contributed by atoms with E-state index < -0.39 is 11.9 Å². The molecule has 1 saturated carbocycles. The van der Waals surface area contributed by atoms with Crippen molar-refractivity contribution in [3.63, 3.8) is 0 Å². The first-order valence-corrected chi connectivity index (χ1v) is 9.77. The molecule has 144 valence electrons. The summed E-state index contributed by atoms with van der Waals surface area (Å²) in [5.74, 6) is -1.13. The minimum Gasteiger partial charge on any atom is -0.481 e. The highest BCUT2D eigenvalue weighted by Gasteiger charge is 2.48. The number of benzene rings is 1. The highest BCUT2D eigenvalue weighted by Crippen LogP contribution is 2.44. The van der Waals surface area contributed by atoms with Gasteiger partial charge in [0.15, 0.2) is 0 Å². The maximum absolute atomic E-state index is 12.9. The lowest BCUT2D eigenvalue weighted by Crippen LogP contribution is -2.36. The second kappa shape index (κ2) is 6.98. The number of likely N-dealkylation sites (tertiary alicyclic amines) is 2. The molecule has 1 unspecified atom stereocenters. The molecule has 3 aliphatic rings. The van der Waals surface area contributed by atoms with Crippen molar-refractivity contribution in [3.05, 3.63) is 35.4 Å². The van der Waals surface area contributed by atoms with E-state index in [4.69, 9.17) is 0 Å². The van der Waals surface area contributed by atoms with E-state index >= 15 is 0 Å². The van der Waals surface area contributed by atoms with Crippen LogP contribution in [0.1, 0.15) is 30.4 Å². The molecule has 2 saturated heterocycles. The van der Waals surface area contributed by atoms with Crippen molar-refractivity contribution in [2.24, 2.45) is 23.7 Å². The average molecular weight is 370 g/mol. The van der Waals surface area contributed by atoms with Gasteiger partial charge >= 0.3 is 5.97 Å². The number of amides is 2. The van der Waals surface area contributed by atoms with Crippen molar-refractivity contribution in [2.75, 3.05) is 19.6 Å². The maximum atomic E-state index is 12.9. The van der Waals surface area contributed by atoms with E-state index in [0.29, 0.717) is 25.6 Å². The van der Waals surface area contributed by atoms with Crippen molar-refractivity contribution >= 4 is 17.8 Å². The van der Waals surface area contributed by atoms with Gasteiger partial charge in [0.2, 0.25) is 11.8 Å². The Kier molecular flexibility index (Phi) is 4.66. The van der Waals surface area contributed by atoms with Crippen LogP contribution in [0.2, 0.25) is 0 Å². The number of carboxylic acids is 1. The monoisotopic (exact) mass is 370 g/mol. The molecule has 2 amide bonds. The van der Waals surface area contributed by atoms with E-state index in [1.165, 1.54) is 5.56 Å². The van der Waals surface area contributed by atoms with Crippen LogP contribution < -0.4 is 0 Å². The van der Waals surface area contributed by atoms with Crippen molar-refractivity contribution in [1.29, 1.82) is 0 Å². The summed E-state index contributed by atoms with van der Waals surface area (Å²) < 4.78 is 0. The van der Waals surface area contributed by atoms with Crippen LogP contribution >= 0.6 is 0 Å². The van der Waals surface area contributed by atoms with E-state index in [9.17, 15) is 19.5 Å². The van der Waals surface area contributed by atoms with Crippen molar-refractivity contribution in [2.45, 2.75) is 32.7 Å². The number of carbonyl (C=O) groups is 3. The molecule has 0 spiro atoms. The molecule has 6 heteroatoms. The second-order valence-electron chi connectivity index (χ2n) is 8.35. The quantitative estimate of drug-likeness (QED) is 0.859. The van der Waals surface area contributed by atoms with Gasteiger partial charge in [0.25, 0.3) is 0 Å². The molecule has 1 aromatic carbocycles. The topological polar surface area (TPSA) is 77.9 Å². The fourth-order valence-electron chi connectivity index (χ4n) is 4.53. The van der Waals surface area contributed by atoms with Crippen LogP contribution in [-0.4, -0.2) is 52.3 Å². The largest absolute Gasteiger partial charge is 0.481 e. The van der Waals surface area contributed by atoms with Crippen LogP contribution in [-0.2, 0) is 20.9 Å². The summed E-state index contributed by atoms with van der Waals surface area (Å²) in [4.78, 5) is 40.4. The van der Waals surface area contributed by atoms with Gasteiger partial charge < -0.3 is 14.9 Å². The third-order valence-electron chi connectivity index (χ3n) is 6.28. The van der Waals surface area contributed by atoms with E-state index in [0.717, 1.165) is 18.4 Å². The van der Waals surface area contributed by atoms with Crippen LogP contribution in [0.25, 0.3) is 0 Å². The number of hydrogen-bond donors (Lipinski definition) is 1. The Morgan fingerprint density at radius 1 is 1.11 bits per heavy atom. The summed E-state index contributed by atoms with van der Waals surface area (Å²) in [6, 6.07) is 8.06. The third kappa shape index (κ3) is 3.70. The summed E-state index contributed by atoms with van der Waals surface area (Å²) in [6.45, 7) is 3.79. The summed E-state index contributed by atoms with van der Waals surface area (Å²) >= 11 is 0. The minimum absolute atomic E-state index is 0.00153. The highest BCUT2D eigenvalue weighted by molar-refractivity contribution is 5.89. The Morgan fingerprint density at radius 2 is 1.81 bits per heavy atom. The van der Waals surface area contributed by atoms with Gasteiger partial charge in [0, 0.05) is 32.6 Å². The smallest absolute Gasteiger partial charge is 0.308 e. The van der Waals surface area contributed by atoms with Gasteiger partial charge in [-0.05, 0) is 37.2 Å². The third-order valence-corrected chi connectivity index (χ3v) is 6.28. The first-order chi connectivity index (χ1) is 12.9. The molecule has 2 aliphatic heterocycles. The van der Waals surface area contributed by atoms with Crippen molar-refractivity contribution in [1.82, 2.24) is 9.80 Å². The molecule has 2 heterocycles. The molecule has 1 aliphatic carbocycles. The Labute approximate surface area is 159 Å². The molecule has 4 rings (SSSR count). The normalized spacial score (nSPS) is 28.0. The predicted octanol–water partition coefficient (Wildman–Crippen LogP) is 1.91. The number of aliphatic carboxylic acids is 1. The Balaban J connectivity index is 1.39. The van der Waals surface area contributed by atoms with Gasteiger partial charge in [-0.2, -0.15) is 0 Å². The molecule has 27 heavy (non-hydrogen) atoms. The van der Waals surface area contributed by atoms with Crippen LogP contribution in [0.15, 0.2) is 24.3 Å². The van der Waals surface area contributed by atoms with Gasteiger partial charge in [-0.3, -0.25) is 14.4 Å². The summed E-state index contributed by atoms with van der Waals surface area (Å²) in [7, 11) is 0. The van der Waals surface area contributed by atoms with Gasteiger partial charge in [-0.25, -0.2) is 0 Å². The number of nitrogens with zero attached hydrogens (tertiary/aromatic N) is 2. The average Bonchev–Trinajstić information content (AvgIpc) is 3.28. The standard InChI is InChI=1S/C21H26N2O4/c1-13-2-4-14(5-3-13)9-22-10-16(8-19(22)24)20(25)23-11-17(15-6-7-15)18(12-23)21(26)27/h2-5,15-18H,6-12H2,1H3,(H,26,27)/t16?,17-,18+/m1/s1. The lowest BCUT2D eigenvalue weighted by molar-refractivity contribution is -0.143. The number of carboxylic acid groups (broad SMARTS) is 1. The van der Waals surface area contributed by atoms with Crippen molar-refractivity contribution in [3.8, 4) is 0 Å². The SMILES string of the molecule is Cc1ccc(CN2CC(C(=O)N3C[C@H](C(=O)O)[C@@H](C4CC4)C3)CC2=O)cc1. The Hall–Kier alpha value is -2.37. The zero-order valence-electron chi connectivity index (χ0n) is 15.6. The zero-order valence-corrected chi connectivity index (χ0v) is 15.6. The summed E-state index contributed by atoms with van der Waals surface area (Å²) in [5, 5.41) is 9.49. The van der Waals surface area contributed by atoms with E-state index in [1.807, 2.05) is 31.2 Å². The first kappa shape index (κ1) is 18.0. The fraction of sp³-hybridized carbons (Fsp3) is 0.571. The molecule has 6 nitrogen and oxygen atoms in total. The molecule has 1 aromatic rings. The van der Waals surface area contributed by atoms with Crippen molar-refractivity contribution < 1.29 is 19.5 Å². The molecule has 0 bridgehead atoms. The molecule has 0 aromatic heterocycles. The number of carbonyl (C=O) groups excluding carboxylic acids is 2. The van der Waals surface area contributed by atoms with Gasteiger partial charge in [-0.1, -0.05) is 29.8 Å². The molecule has 1 N–H and O–H groups in total. The molecular formula is C21H26N2O4. The molecule has 0 radical (unpaired) electrons. The number of aryl methyl sites for hydroxylation is 1.